The fraction of sp³-hybridized carbons (Fsp3) is 1.00. The third-order valence-electron chi connectivity index (χ3n) is 0. The van der Waals surface area contributed by atoms with Gasteiger partial charge in [-0.3, -0.25) is 0 Å². The van der Waals surface area contributed by atoms with E-state index in [4.69, 9.17) is 15.3 Å². The smallest absolute Gasteiger partial charge is 0.0483 e. The second-order valence-corrected chi connectivity index (χ2v) is 3.28. The van der Waals surface area contributed by atoms with Crippen LogP contribution in [0, 0.1) is 0 Å². The van der Waals surface area contributed by atoms with E-state index in [1.54, 1.807) is 41.5 Å². The van der Waals surface area contributed by atoms with Gasteiger partial charge < -0.3 is 15.3 Å². The van der Waals surface area contributed by atoms with Crippen LogP contribution in [-0.2, 0) is 22.4 Å². The molecule has 0 aliphatic heterocycles. The van der Waals surface area contributed by atoms with Gasteiger partial charge in [0.1, 0.15) is 0 Å². The zero-order valence-corrected chi connectivity index (χ0v) is 12.7. The SMILES string of the molecule is CC(C)O.CC(C)O.CC(C)O.[Ta]. The maximum atomic E-state index is 8.06. The van der Waals surface area contributed by atoms with E-state index in [0.29, 0.717) is 0 Å². The summed E-state index contributed by atoms with van der Waals surface area (Å²) in [5, 5.41) is 24.2. The first kappa shape index (κ1) is 23.4. The molecule has 3 N–H and O–H groups in total. The summed E-state index contributed by atoms with van der Waals surface area (Å²) < 4.78 is 0. The molecule has 0 unspecified atom stereocenters. The molecule has 0 rings (SSSR count). The molecular formula is C9H24O3Ta. The van der Waals surface area contributed by atoms with Crippen LogP contribution < -0.4 is 0 Å². The zero-order valence-electron chi connectivity index (χ0n) is 9.52. The summed E-state index contributed by atoms with van der Waals surface area (Å²) in [6, 6.07) is 0. The van der Waals surface area contributed by atoms with E-state index < -0.39 is 0 Å². The maximum Gasteiger partial charge on any atom is 0.0483 e. The number of aliphatic hydroxyl groups excluding tert-OH is 3. The Hall–Kier alpha value is 0.620. The van der Waals surface area contributed by atoms with E-state index >= 15 is 0 Å². The van der Waals surface area contributed by atoms with Crippen molar-refractivity contribution in [1.29, 1.82) is 0 Å². The Balaban J connectivity index is -0.0000000450. The molecule has 0 aromatic carbocycles. The Morgan fingerprint density at radius 3 is 0.538 bits per heavy atom. The van der Waals surface area contributed by atoms with Crippen LogP contribution in [0.1, 0.15) is 41.5 Å². The van der Waals surface area contributed by atoms with Gasteiger partial charge in [-0.2, -0.15) is 0 Å². The van der Waals surface area contributed by atoms with Gasteiger partial charge in [0.25, 0.3) is 0 Å². The van der Waals surface area contributed by atoms with Crippen molar-refractivity contribution in [3.05, 3.63) is 0 Å². The molecule has 0 amide bonds. The predicted octanol–water partition coefficient (Wildman–Crippen LogP) is 1.16. The van der Waals surface area contributed by atoms with Crippen molar-refractivity contribution >= 4 is 0 Å². The molecule has 0 aromatic heterocycles. The molecule has 0 heterocycles. The molecular weight excluding hydrogens is 337 g/mol. The van der Waals surface area contributed by atoms with Crippen LogP contribution in [0.5, 0.6) is 0 Å². The van der Waals surface area contributed by atoms with Gasteiger partial charge in [0.2, 0.25) is 0 Å². The van der Waals surface area contributed by atoms with E-state index in [9.17, 15) is 0 Å². The molecule has 0 aliphatic carbocycles. The van der Waals surface area contributed by atoms with Crippen molar-refractivity contribution in [3.8, 4) is 0 Å². The molecule has 13 heavy (non-hydrogen) atoms. The first-order chi connectivity index (χ1) is 5.20. The van der Waals surface area contributed by atoms with E-state index in [2.05, 4.69) is 0 Å². The van der Waals surface area contributed by atoms with E-state index in [1.807, 2.05) is 0 Å². The first-order valence-electron chi connectivity index (χ1n) is 4.24. The van der Waals surface area contributed by atoms with Crippen LogP contribution in [0.4, 0.5) is 0 Å². The molecule has 1 radical (unpaired) electrons. The van der Waals surface area contributed by atoms with Crippen LogP contribution in [0.15, 0.2) is 0 Å². The quantitative estimate of drug-likeness (QED) is 0.607. The Morgan fingerprint density at radius 1 is 0.538 bits per heavy atom. The topological polar surface area (TPSA) is 60.7 Å². The third-order valence-corrected chi connectivity index (χ3v) is 0. The summed E-state index contributed by atoms with van der Waals surface area (Å²) >= 11 is 0. The average molecular weight is 361 g/mol. The zero-order chi connectivity index (χ0) is 10.7. The second-order valence-electron chi connectivity index (χ2n) is 3.28. The normalized spacial score (nSPS) is 8.31. The fourth-order valence-corrected chi connectivity index (χ4v) is 0. The van der Waals surface area contributed by atoms with Gasteiger partial charge in [0.05, 0.1) is 0 Å². The fourth-order valence-electron chi connectivity index (χ4n) is 0. The van der Waals surface area contributed by atoms with Gasteiger partial charge in [-0.15, -0.1) is 0 Å². The molecule has 0 fully saturated rings. The van der Waals surface area contributed by atoms with Crippen molar-refractivity contribution in [2.24, 2.45) is 0 Å². The molecule has 3 nitrogen and oxygen atoms in total. The van der Waals surface area contributed by atoms with Crippen LogP contribution in [-0.4, -0.2) is 33.6 Å². The van der Waals surface area contributed by atoms with Gasteiger partial charge in [-0.05, 0) is 41.5 Å². The van der Waals surface area contributed by atoms with Crippen LogP contribution in [0.25, 0.3) is 0 Å². The summed E-state index contributed by atoms with van der Waals surface area (Å²) in [6.45, 7) is 10.3. The summed E-state index contributed by atoms with van der Waals surface area (Å²) in [5.41, 5.74) is 0. The minimum atomic E-state index is -0.167. The maximum absolute atomic E-state index is 8.06. The van der Waals surface area contributed by atoms with Gasteiger partial charge in [0, 0.05) is 40.7 Å². The summed E-state index contributed by atoms with van der Waals surface area (Å²) in [4.78, 5) is 0. The first-order valence-corrected chi connectivity index (χ1v) is 4.24. The van der Waals surface area contributed by atoms with Gasteiger partial charge in [-0.25, -0.2) is 0 Å². The number of hydrogen-bond donors (Lipinski definition) is 3. The van der Waals surface area contributed by atoms with Crippen LogP contribution in [0.2, 0.25) is 0 Å². The second kappa shape index (κ2) is 18.4. The molecule has 0 atom stereocenters. The van der Waals surface area contributed by atoms with Crippen LogP contribution in [0.3, 0.4) is 0 Å². The molecule has 0 saturated carbocycles. The van der Waals surface area contributed by atoms with Crippen molar-refractivity contribution in [1.82, 2.24) is 0 Å². The van der Waals surface area contributed by atoms with Crippen molar-refractivity contribution in [2.45, 2.75) is 59.9 Å². The van der Waals surface area contributed by atoms with Gasteiger partial charge in [0.15, 0.2) is 0 Å². The van der Waals surface area contributed by atoms with E-state index in [1.165, 1.54) is 0 Å². The molecule has 0 saturated heterocycles. The molecule has 0 aromatic rings. The standard InChI is InChI=1S/3C3H8O.Ta/c3*1-3(2)4;/h3*3-4H,1-2H3;. The van der Waals surface area contributed by atoms with Crippen molar-refractivity contribution in [2.75, 3.05) is 0 Å². The minimum Gasteiger partial charge on any atom is -0.394 e. The van der Waals surface area contributed by atoms with E-state index in [-0.39, 0.29) is 40.7 Å². The predicted molar refractivity (Wildman–Crippen MR) is 52.1 cm³/mol. The molecule has 0 aliphatic rings. The van der Waals surface area contributed by atoms with E-state index in [0.717, 1.165) is 0 Å². The van der Waals surface area contributed by atoms with Gasteiger partial charge >= 0.3 is 0 Å². The third kappa shape index (κ3) is 3700. The number of hydrogen-bond acceptors (Lipinski definition) is 3. The Kier molecular flexibility index (Phi) is 33.2. The number of rotatable bonds is 0. The molecule has 0 spiro atoms. The Labute approximate surface area is 97.7 Å². The summed E-state index contributed by atoms with van der Waals surface area (Å²) in [5.74, 6) is 0. The largest absolute Gasteiger partial charge is 0.394 e. The Morgan fingerprint density at radius 2 is 0.538 bits per heavy atom. The van der Waals surface area contributed by atoms with Gasteiger partial charge in [-0.1, -0.05) is 0 Å². The van der Waals surface area contributed by atoms with Crippen molar-refractivity contribution < 1.29 is 37.7 Å². The minimum absolute atomic E-state index is 0. The summed E-state index contributed by atoms with van der Waals surface area (Å²) in [7, 11) is 0. The Bertz CT molecular complexity index is 43.4. The molecule has 0 bridgehead atoms. The molecule has 83 valence electrons. The number of aliphatic hydroxyl groups is 3. The monoisotopic (exact) mass is 361 g/mol. The average Bonchev–Trinajstić information content (AvgIpc) is 1.54. The molecule has 4 heteroatoms. The summed E-state index contributed by atoms with van der Waals surface area (Å²) in [6.07, 6.45) is -0.500. The van der Waals surface area contributed by atoms with Crippen molar-refractivity contribution in [3.63, 3.8) is 0 Å². The van der Waals surface area contributed by atoms with Crippen LogP contribution >= 0.6 is 0 Å².